The highest BCUT2D eigenvalue weighted by atomic mass is 32.2. The van der Waals surface area contributed by atoms with Gasteiger partial charge in [-0.25, -0.2) is 17.9 Å². The van der Waals surface area contributed by atoms with Crippen molar-refractivity contribution in [3.8, 4) is 17.1 Å². The molecule has 1 aliphatic heterocycles. The molecule has 158 valence electrons. The van der Waals surface area contributed by atoms with Crippen LogP contribution in [0.5, 0.6) is 5.75 Å². The minimum atomic E-state index is -3.85. The van der Waals surface area contributed by atoms with Crippen LogP contribution in [0.4, 0.5) is 4.79 Å². The molecule has 1 N–H and O–H groups in total. The first-order chi connectivity index (χ1) is 13.8. The third kappa shape index (κ3) is 4.88. The predicted octanol–water partition coefficient (Wildman–Crippen LogP) is 2.56. The molecule has 2 heterocycles. The van der Waals surface area contributed by atoms with Crippen LogP contribution < -0.4 is 9.46 Å². The van der Waals surface area contributed by atoms with Gasteiger partial charge >= 0.3 is 6.09 Å². The summed E-state index contributed by atoms with van der Waals surface area (Å²) in [6.45, 7) is 4.71. The number of nitrogens with one attached hydrogen (secondary N) is 1. The summed E-state index contributed by atoms with van der Waals surface area (Å²) < 4.78 is 44.3. The second-order valence-electron chi connectivity index (χ2n) is 6.78. The molecule has 2 aromatic rings. The summed E-state index contributed by atoms with van der Waals surface area (Å²) in [6, 6.07) is 6.26. The SMILES string of the molecule is CCOC(=O)N1CCC(NS(=O)(=O)c2cc(-c3cc(C)no3)ccc2OC)CC1. The molecule has 1 aromatic carbocycles. The quantitative estimate of drug-likeness (QED) is 0.760. The summed E-state index contributed by atoms with van der Waals surface area (Å²) in [5, 5.41) is 3.84. The molecule has 1 amide bonds. The van der Waals surface area contributed by atoms with Crippen LogP contribution in [0.25, 0.3) is 11.3 Å². The van der Waals surface area contributed by atoms with E-state index < -0.39 is 10.0 Å². The van der Waals surface area contributed by atoms with Crippen LogP contribution in [0.15, 0.2) is 33.7 Å². The molecule has 1 aliphatic rings. The van der Waals surface area contributed by atoms with E-state index in [1.807, 2.05) is 0 Å². The molecule has 0 spiro atoms. The lowest BCUT2D eigenvalue weighted by Crippen LogP contribution is -2.46. The average Bonchev–Trinajstić information content (AvgIpc) is 3.14. The van der Waals surface area contributed by atoms with Crippen LogP contribution in [0, 0.1) is 6.92 Å². The number of hydrogen-bond donors (Lipinski definition) is 1. The molecule has 1 aromatic heterocycles. The number of amides is 1. The molecule has 0 aliphatic carbocycles. The fraction of sp³-hybridized carbons (Fsp3) is 0.474. The van der Waals surface area contributed by atoms with Crippen molar-refractivity contribution in [1.82, 2.24) is 14.8 Å². The zero-order valence-corrected chi connectivity index (χ0v) is 17.5. The van der Waals surface area contributed by atoms with E-state index in [2.05, 4.69) is 9.88 Å². The third-order valence-corrected chi connectivity index (χ3v) is 6.25. The number of aromatic nitrogens is 1. The molecule has 9 nitrogen and oxygen atoms in total. The number of piperidine rings is 1. The van der Waals surface area contributed by atoms with Gasteiger partial charge in [0.05, 0.1) is 19.4 Å². The van der Waals surface area contributed by atoms with Crippen molar-refractivity contribution in [2.24, 2.45) is 0 Å². The van der Waals surface area contributed by atoms with E-state index in [9.17, 15) is 13.2 Å². The third-order valence-electron chi connectivity index (χ3n) is 4.71. The molecule has 1 saturated heterocycles. The van der Waals surface area contributed by atoms with Gasteiger partial charge in [0, 0.05) is 30.8 Å². The number of aryl methyl sites for hydroxylation is 1. The first kappa shape index (κ1) is 21.1. The standard InChI is InChI=1S/C19H25N3O6S/c1-4-27-19(23)22-9-7-15(8-10-22)21-29(24,25)18-12-14(5-6-16(18)26-3)17-11-13(2)20-28-17/h5-6,11-12,15,21H,4,7-10H2,1-3H3. The Balaban J connectivity index is 1.76. The normalized spacial score (nSPS) is 15.3. The van der Waals surface area contributed by atoms with Crippen molar-refractivity contribution in [2.75, 3.05) is 26.8 Å². The predicted molar refractivity (Wildman–Crippen MR) is 105 cm³/mol. The summed E-state index contributed by atoms with van der Waals surface area (Å²) in [5.41, 5.74) is 1.29. The number of likely N-dealkylation sites (tertiary alicyclic amines) is 1. The lowest BCUT2D eigenvalue weighted by Gasteiger charge is -2.31. The van der Waals surface area contributed by atoms with Crippen molar-refractivity contribution in [1.29, 1.82) is 0 Å². The minimum Gasteiger partial charge on any atom is -0.495 e. The summed E-state index contributed by atoms with van der Waals surface area (Å²) in [5.74, 6) is 0.714. The topological polar surface area (TPSA) is 111 Å². The molecule has 0 unspecified atom stereocenters. The van der Waals surface area contributed by atoms with E-state index in [4.69, 9.17) is 14.0 Å². The van der Waals surface area contributed by atoms with E-state index in [1.54, 1.807) is 36.9 Å². The Morgan fingerprint density at radius 1 is 1.31 bits per heavy atom. The summed E-state index contributed by atoms with van der Waals surface area (Å²) in [6.07, 6.45) is 0.633. The number of rotatable bonds is 6. The smallest absolute Gasteiger partial charge is 0.409 e. The van der Waals surface area contributed by atoms with Crippen LogP contribution in [0.3, 0.4) is 0 Å². The van der Waals surface area contributed by atoms with Gasteiger partial charge in [-0.1, -0.05) is 5.16 Å². The van der Waals surface area contributed by atoms with E-state index in [0.29, 0.717) is 49.6 Å². The van der Waals surface area contributed by atoms with Crippen LogP contribution >= 0.6 is 0 Å². The van der Waals surface area contributed by atoms with Crippen LogP contribution in [-0.2, 0) is 14.8 Å². The first-order valence-electron chi connectivity index (χ1n) is 9.39. The fourth-order valence-corrected chi connectivity index (χ4v) is 4.72. The highest BCUT2D eigenvalue weighted by Gasteiger charge is 2.29. The van der Waals surface area contributed by atoms with Gasteiger partial charge in [-0.05, 0) is 44.9 Å². The molecule has 3 rings (SSSR count). The van der Waals surface area contributed by atoms with Crippen molar-refractivity contribution in [2.45, 2.75) is 37.6 Å². The number of nitrogens with zero attached hydrogens (tertiary/aromatic N) is 2. The van der Waals surface area contributed by atoms with E-state index in [1.165, 1.54) is 13.2 Å². The Kier molecular flexibility index (Phi) is 6.43. The van der Waals surface area contributed by atoms with E-state index in [-0.39, 0.29) is 22.8 Å². The Bertz CT molecular complexity index is 964. The molecule has 0 saturated carbocycles. The first-order valence-corrected chi connectivity index (χ1v) is 10.9. The molecule has 1 fully saturated rings. The molecule has 0 bridgehead atoms. The summed E-state index contributed by atoms with van der Waals surface area (Å²) >= 11 is 0. The van der Waals surface area contributed by atoms with Gasteiger partial charge in [0.15, 0.2) is 5.76 Å². The number of sulfonamides is 1. The van der Waals surface area contributed by atoms with Gasteiger partial charge in [-0.3, -0.25) is 0 Å². The number of carbonyl (C=O) groups is 1. The van der Waals surface area contributed by atoms with E-state index >= 15 is 0 Å². The maximum Gasteiger partial charge on any atom is 0.409 e. The Hall–Kier alpha value is -2.59. The van der Waals surface area contributed by atoms with Crippen molar-refractivity contribution < 1.29 is 27.2 Å². The average molecular weight is 423 g/mol. The molecule has 10 heteroatoms. The largest absolute Gasteiger partial charge is 0.495 e. The highest BCUT2D eigenvalue weighted by molar-refractivity contribution is 7.89. The summed E-state index contributed by atoms with van der Waals surface area (Å²) in [4.78, 5) is 13.4. The van der Waals surface area contributed by atoms with Gasteiger partial charge < -0.3 is 18.9 Å². The highest BCUT2D eigenvalue weighted by Crippen LogP contribution is 2.30. The van der Waals surface area contributed by atoms with Crippen molar-refractivity contribution in [3.05, 3.63) is 30.0 Å². The van der Waals surface area contributed by atoms with Gasteiger partial charge in [0.1, 0.15) is 10.6 Å². The number of ether oxygens (including phenoxy) is 2. The van der Waals surface area contributed by atoms with E-state index in [0.717, 1.165) is 0 Å². The van der Waals surface area contributed by atoms with Gasteiger partial charge in [-0.15, -0.1) is 0 Å². The Labute approximate surface area is 170 Å². The Morgan fingerprint density at radius 3 is 2.62 bits per heavy atom. The Morgan fingerprint density at radius 2 is 2.03 bits per heavy atom. The second kappa shape index (κ2) is 8.83. The zero-order chi connectivity index (χ0) is 21.0. The molecule has 0 atom stereocenters. The van der Waals surface area contributed by atoms with Crippen molar-refractivity contribution >= 4 is 16.1 Å². The van der Waals surface area contributed by atoms with Gasteiger partial charge in [0.2, 0.25) is 10.0 Å². The minimum absolute atomic E-state index is 0.0272. The number of hydrogen-bond acceptors (Lipinski definition) is 7. The van der Waals surface area contributed by atoms with Crippen LogP contribution in [0.2, 0.25) is 0 Å². The monoisotopic (exact) mass is 423 g/mol. The second-order valence-corrected chi connectivity index (χ2v) is 8.46. The maximum absolute atomic E-state index is 13.0. The lowest BCUT2D eigenvalue weighted by atomic mass is 10.1. The maximum atomic E-state index is 13.0. The number of benzene rings is 1. The van der Waals surface area contributed by atoms with Crippen LogP contribution in [0.1, 0.15) is 25.5 Å². The zero-order valence-electron chi connectivity index (χ0n) is 16.7. The van der Waals surface area contributed by atoms with Gasteiger partial charge in [0.25, 0.3) is 0 Å². The fourth-order valence-electron chi connectivity index (χ4n) is 3.22. The molecule has 0 radical (unpaired) electrons. The lowest BCUT2D eigenvalue weighted by molar-refractivity contribution is 0.0966. The molecular formula is C19H25N3O6S. The molecular weight excluding hydrogens is 398 g/mol. The number of carbonyl (C=O) groups excluding carboxylic acids is 1. The van der Waals surface area contributed by atoms with Crippen molar-refractivity contribution in [3.63, 3.8) is 0 Å². The number of methoxy groups -OCH3 is 1. The summed E-state index contributed by atoms with van der Waals surface area (Å²) in [7, 11) is -2.42. The van der Waals surface area contributed by atoms with Crippen LogP contribution in [-0.4, -0.2) is 57.4 Å². The van der Waals surface area contributed by atoms with Gasteiger partial charge in [-0.2, -0.15) is 0 Å². The molecule has 29 heavy (non-hydrogen) atoms.